The lowest BCUT2D eigenvalue weighted by Gasteiger charge is -1.96. The van der Waals surface area contributed by atoms with Gasteiger partial charge in [-0.05, 0) is 52.3 Å². The Bertz CT molecular complexity index is 1360. The Morgan fingerprint density at radius 2 is 1.12 bits per heavy atom. The molecule has 0 saturated heterocycles. The fourth-order valence-electron chi connectivity index (χ4n) is 2.31. The van der Waals surface area contributed by atoms with Crippen molar-refractivity contribution in [3.63, 3.8) is 0 Å². The van der Waals surface area contributed by atoms with Gasteiger partial charge in [0.15, 0.2) is 0 Å². The zero-order valence-corrected chi connectivity index (χ0v) is 23.7. The molecule has 0 atom stereocenters. The van der Waals surface area contributed by atoms with E-state index in [1.54, 1.807) is 50.7 Å². The highest BCUT2D eigenvalue weighted by Crippen LogP contribution is 2.07. The van der Waals surface area contributed by atoms with Gasteiger partial charge in [-0.2, -0.15) is 0 Å². The first kappa shape index (κ1) is 33.4. The van der Waals surface area contributed by atoms with Gasteiger partial charge >= 0.3 is 17.9 Å². The van der Waals surface area contributed by atoms with E-state index in [2.05, 4.69) is 64.0 Å². The predicted octanol–water partition coefficient (Wildman–Crippen LogP) is 3.27. The van der Waals surface area contributed by atoms with Gasteiger partial charge in [-0.1, -0.05) is 23.7 Å². The van der Waals surface area contributed by atoms with Crippen LogP contribution in [-0.2, 0) is 18.9 Å². The van der Waals surface area contributed by atoms with E-state index < -0.39 is 17.9 Å². The number of nitrogens with zero attached hydrogens (tertiary/aromatic N) is 3. The predicted molar refractivity (Wildman–Crippen MR) is 148 cm³/mol. The molecule has 3 aromatic heterocycles. The van der Waals surface area contributed by atoms with E-state index in [0.717, 1.165) is 10.0 Å². The van der Waals surface area contributed by atoms with Crippen molar-refractivity contribution in [2.45, 2.75) is 0 Å². The van der Waals surface area contributed by atoms with Crippen molar-refractivity contribution in [3.05, 3.63) is 87.7 Å². The topological polar surface area (TPSA) is 147 Å². The Morgan fingerprint density at radius 1 is 0.700 bits per heavy atom. The molecule has 40 heavy (non-hydrogen) atoms. The molecule has 11 nitrogen and oxygen atoms in total. The summed E-state index contributed by atoms with van der Waals surface area (Å²) < 4.78 is 19.3. The van der Waals surface area contributed by atoms with Gasteiger partial charge in [0.1, 0.15) is 30.3 Å². The van der Waals surface area contributed by atoms with Crippen molar-refractivity contribution in [1.82, 2.24) is 15.0 Å². The number of ether oxygens (including phenoxy) is 4. The minimum Gasteiger partial charge on any atom is -0.477 e. The van der Waals surface area contributed by atoms with Crippen LogP contribution in [0.25, 0.3) is 0 Å². The Kier molecular flexibility index (Phi) is 16.2. The first-order valence-corrected chi connectivity index (χ1v) is 11.9. The number of esters is 2. The number of aromatic carboxylic acids is 1. The lowest BCUT2D eigenvalue weighted by atomic mass is 10.2. The second-order valence-electron chi connectivity index (χ2n) is 6.98. The molecule has 208 valence electrons. The zero-order valence-electron chi connectivity index (χ0n) is 22.1. The quantitative estimate of drug-likeness (QED) is 0.335. The molecule has 3 rings (SSSR count). The van der Waals surface area contributed by atoms with Gasteiger partial charge in [-0.15, -0.1) is 0 Å². The summed E-state index contributed by atoms with van der Waals surface area (Å²) in [5.74, 6) is 9.24. The molecule has 0 radical (unpaired) electrons. The van der Waals surface area contributed by atoms with Crippen LogP contribution in [0, 0.1) is 23.7 Å². The molecular weight excluding hydrogens is 586 g/mol. The highest BCUT2D eigenvalue weighted by atomic mass is 79.9. The summed E-state index contributed by atoms with van der Waals surface area (Å²) in [4.78, 5) is 43.8. The molecule has 0 aliphatic carbocycles. The van der Waals surface area contributed by atoms with Crippen LogP contribution < -0.4 is 0 Å². The lowest BCUT2D eigenvalue weighted by Crippen LogP contribution is -2.03. The summed E-state index contributed by atoms with van der Waals surface area (Å²) in [7, 11) is 5.77. The maximum atomic E-state index is 11.0. The average molecular weight is 612 g/mol. The Labute approximate surface area is 240 Å². The minimum atomic E-state index is -1.04. The minimum absolute atomic E-state index is 0.0160. The van der Waals surface area contributed by atoms with Crippen molar-refractivity contribution in [3.8, 4) is 23.7 Å². The van der Waals surface area contributed by atoms with Crippen LogP contribution in [0.4, 0.5) is 0 Å². The standard InChI is InChI=1S/C11H11NO3.C10H9NO3.C7H6BrNO2/c1-14-7-3-4-9-5-6-10(12-8-9)11(13)15-2;1-14-6-2-3-8-4-5-9(10(12)13)11-7-8;1-11-7(10)6-3-2-5(8)4-9-6/h5-6,8H,7H2,1-2H3;4-5,7H,6H2,1H3,(H,12,13);2-4H,1H3. The van der Waals surface area contributed by atoms with Gasteiger partial charge in [0.2, 0.25) is 0 Å². The lowest BCUT2D eigenvalue weighted by molar-refractivity contribution is 0.0585. The van der Waals surface area contributed by atoms with Crippen LogP contribution in [-0.4, -0.2) is 79.6 Å². The van der Waals surface area contributed by atoms with Gasteiger partial charge in [0.25, 0.3) is 0 Å². The highest BCUT2D eigenvalue weighted by Gasteiger charge is 2.05. The maximum absolute atomic E-state index is 11.0. The van der Waals surface area contributed by atoms with Crippen LogP contribution in [0.2, 0.25) is 0 Å². The molecule has 0 fully saturated rings. The van der Waals surface area contributed by atoms with Gasteiger partial charge in [0.05, 0.1) is 14.2 Å². The molecule has 0 amide bonds. The Balaban J connectivity index is 0.000000304. The second kappa shape index (κ2) is 19.4. The van der Waals surface area contributed by atoms with Crippen LogP contribution in [0.15, 0.2) is 59.5 Å². The van der Waals surface area contributed by atoms with Gasteiger partial charge in [-0.25, -0.2) is 29.3 Å². The van der Waals surface area contributed by atoms with Crippen LogP contribution in [0.5, 0.6) is 0 Å². The molecule has 12 heteroatoms. The number of methoxy groups -OCH3 is 4. The largest absolute Gasteiger partial charge is 0.477 e. The fraction of sp³-hybridized carbons (Fsp3) is 0.214. The van der Waals surface area contributed by atoms with Crippen molar-refractivity contribution >= 4 is 33.8 Å². The van der Waals surface area contributed by atoms with E-state index in [0.29, 0.717) is 24.5 Å². The number of carboxylic acid groups (broad SMARTS) is 1. The molecule has 3 aromatic rings. The number of pyridine rings is 3. The van der Waals surface area contributed by atoms with E-state index in [1.165, 1.54) is 32.7 Å². The Morgan fingerprint density at radius 3 is 1.45 bits per heavy atom. The first-order chi connectivity index (χ1) is 19.2. The summed E-state index contributed by atoms with van der Waals surface area (Å²) in [6.07, 6.45) is 4.49. The molecule has 0 aliphatic heterocycles. The maximum Gasteiger partial charge on any atom is 0.356 e. The monoisotopic (exact) mass is 611 g/mol. The third-order valence-corrected chi connectivity index (χ3v) is 4.63. The van der Waals surface area contributed by atoms with Gasteiger partial charge < -0.3 is 24.1 Å². The second-order valence-corrected chi connectivity index (χ2v) is 7.90. The number of carbonyl (C=O) groups excluding carboxylic acids is 2. The van der Waals surface area contributed by atoms with Crippen molar-refractivity contribution in [2.24, 2.45) is 0 Å². The number of hydrogen-bond acceptors (Lipinski definition) is 10. The van der Waals surface area contributed by atoms with E-state index in [9.17, 15) is 14.4 Å². The molecular formula is C28H26BrN3O8. The summed E-state index contributed by atoms with van der Waals surface area (Å²) in [6, 6.07) is 9.64. The molecule has 0 aliphatic rings. The average Bonchev–Trinajstić information content (AvgIpc) is 2.98. The van der Waals surface area contributed by atoms with E-state index in [-0.39, 0.29) is 11.4 Å². The fourth-order valence-corrected chi connectivity index (χ4v) is 2.54. The molecule has 3 heterocycles. The molecule has 0 spiro atoms. The summed E-state index contributed by atoms with van der Waals surface area (Å²) in [5, 5.41) is 8.57. The molecule has 0 aromatic carbocycles. The van der Waals surface area contributed by atoms with Gasteiger partial charge in [0, 0.05) is 48.4 Å². The van der Waals surface area contributed by atoms with Gasteiger partial charge in [-0.3, -0.25) is 0 Å². The molecule has 0 saturated carbocycles. The van der Waals surface area contributed by atoms with Crippen LogP contribution >= 0.6 is 15.9 Å². The molecule has 0 unspecified atom stereocenters. The van der Waals surface area contributed by atoms with Crippen LogP contribution in [0.3, 0.4) is 0 Å². The van der Waals surface area contributed by atoms with Crippen molar-refractivity contribution in [2.75, 3.05) is 41.7 Å². The zero-order chi connectivity index (χ0) is 29.8. The van der Waals surface area contributed by atoms with Crippen molar-refractivity contribution < 1.29 is 38.4 Å². The number of rotatable bonds is 5. The number of hydrogen-bond donors (Lipinski definition) is 1. The third-order valence-electron chi connectivity index (χ3n) is 4.16. The molecule has 1 N–H and O–H groups in total. The smallest absolute Gasteiger partial charge is 0.356 e. The number of halogens is 1. The van der Waals surface area contributed by atoms with Crippen LogP contribution in [0.1, 0.15) is 42.6 Å². The number of carbonyl (C=O) groups is 3. The molecule has 0 bridgehead atoms. The number of carboxylic acids is 1. The van der Waals surface area contributed by atoms with Crippen molar-refractivity contribution in [1.29, 1.82) is 0 Å². The third kappa shape index (κ3) is 13.3. The first-order valence-electron chi connectivity index (χ1n) is 11.1. The van der Waals surface area contributed by atoms with E-state index >= 15 is 0 Å². The van der Waals surface area contributed by atoms with E-state index in [4.69, 9.17) is 14.6 Å². The van der Waals surface area contributed by atoms with E-state index in [1.807, 2.05) is 0 Å². The highest BCUT2D eigenvalue weighted by molar-refractivity contribution is 9.10. The Hall–Kier alpha value is -4.62. The number of aromatic nitrogens is 3. The summed E-state index contributed by atoms with van der Waals surface area (Å²) >= 11 is 3.20. The normalized spacial score (nSPS) is 9.03. The SMILES string of the molecule is COC(=O)c1ccc(Br)cn1.COCC#Cc1ccc(C(=O)O)nc1.COCC#Cc1ccc(C(=O)OC)nc1. The summed E-state index contributed by atoms with van der Waals surface area (Å²) in [6.45, 7) is 0.722. The summed E-state index contributed by atoms with van der Waals surface area (Å²) in [5.41, 5.74) is 2.01.